The smallest absolute Gasteiger partial charge is 0.328 e. The van der Waals surface area contributed by atoms with E-state index >= 15 is 0 Å². The Labute approximate surface area is 159 Å². The number of ether oxygens (including phenoxy) is 2. The number of hydrogen-bond donors (Lipinski definition) is 2. The molecule has 0 aliphatic carbocycles. The highest BCUT2D eigenvalue weighted by Gasteiger charge is 2.20. The number of nitrogens with two attached hydrogens (primary N) is 1. The van der Waals surface area contributed by atoms with Crippen LogP contribution in [-0.2, 0) is 11.2 Å². The van der Waals surface area contributed by atoms with Crippen LogP contribution in [0.4, 0.5) is 16.2 Å². The van der Waals surface area contributed by atoms with Gasteiger partial charge < -0.3 is 20.5 Å². The number of carbonyl (C=O) groups is 2. The van der Waals surface area contributed by atoms with Gasteiger partial charge in [0.1, 0.15) is 0 Å². The molecule has 3 amide bonds. The van der Waals surface area contributed by atoms with Crippen molar-refractivity contribution in [1.29, 1.82) is 0 Å². The van der Waals surface area contributed by atoms with Crippen molar-refractivity contribution in [1.82, 2.24) is 5.32 Å². The standard InChI is InChI=1S/C20H25N3O4/c1-4-27-18-9-8-15(12-19(18)26-3)10-11-22-20(25)23(14(2)24)17-7-5-6-16(21)13-17/h5-9,12-13H,4,10-11,21H2,1-3H3,(H,22,25). The average molecular weight is 371 g/mol. The number of anilines is 2. The van der Waals surface area contributed by atoms with Gasteiger partial charge >= 0.3 is 6.03 Å². The summed E-state index contributed by atoms with van der Waals surface area (Å²) < 4.78 is 10.8. The molecule has 144 valence electrons. The molecule has 0 atom stereocenters. The fourth-order valence-corrected chi connectivity index (χ4v) is 2.64. The van der Waals surface area contributed by atoms with E-state index in [2.05, 4.69) is 5.32 Å². The summed E-state index contributed by atoms with van der Waals surface area (Å²) in [6, 6.07) is 11.8. The van der Waals surface area contributed by atoms with Gasteiger partial charge in [0, 0.05) is 19.2 Å². The molecule has 2 aromatic carbocycles. The van der Waals surface area contributed by atoms with Crippen LogP contribution in [0.15, 0.2) is 42.5 Å². The van der Waals surface area contributed by atoms with Gasteiger partial charge in [-0.15, -0.1) is 0 Å². The molecule has 7 heteroatoms. The van der Waals surface area contributed by atoms with Crippen LogP contribution in [0.25, 0.3) is 0 Å². The number of nitrogens with zero attached hydrogens (tertiary/aromatic N) is 1. The second kappa shape index (κ2) is 9.47. The van der Waals surface area contributed by atoms with E-state index < -0.39 is 6.03 Å². The normalized spacial score (nSPS) is 10.2. The lowest BCUT2D eigenvalue weighted by Gasteiger charge is -2.20. The SMILES string of the molecule is CCOc1ccc(CCNC(=O)N(C(C)=O)c2cccc(N)c2)cc1OC. The van der Waals surface area contributed by atoms with Crippen LogP contribution in [0, 0.1) is 0 Å². The molecule has 0 unspecified atom stereocenters. The lowest BCUT2D eigenvalue weighted by molar-refractivity contribution is -0.115. The Morgan fingerprint density at radius 1 is 1.15 bits per heavy atom. The third kappa shape index (κ3) is 5.37. The maximum atomic E-state index is 12.5. The Hall–Kier alpha value is -3.22. The van der Waals surface area contributed by atoms with Gasteiger partial charge in [0.15, 0.2) is 11.5 Å². The lowest BCUT2D eigenvalue weighted by atomic mass is 10.1. The average Bonchev–Trinajstić information content (AvgIpc) is 2.63. The minimum absolute atomic E-state index is 0.363. The highest BCUT2D eigenvalue weighted by Crippen LogP contribution is 2.28. The van der Waals surface area contributed by atoms with Gasteiger partial charge in [-0.25, -0.2) is 9.69 Å². The molecule has 0 saturated heterocycles. The molecule has 7 nitrogen and oxygen atoms in total. The van der Waals surface area contributed by atoms with Gasteiger partial charge in [-0.3, -0.25) is 4.79 Å². The molecule has 27 heavy (non-hydrogen) atoms. The Bertz CT molecular complexity index is 808. The Kier molecular flexibility index (Phi) is 7.05. The minimum Gasteiger partial charge on any atom is -0.493 e. The molecule has 0 saturated carbocycles. The fraction of sp³-hybridized carbons (Fsp3) is 0.300. The second-order valence-corrected chi connectivity index (χ2v) is 5.85. The quantitative estimate of drug-likeness (QED) is 0.730. The summed E-state index contributed by atoms with van der Waals surface area (Å²) in [5, 5.41) is 2.76. The van der Waals surface area contributed by atoms with E-state index in [1.165, 1.54) is 6.92 Å². The summed E-state index contributed by atoms with van der Waals surface area (Å²) in [6.45, 7) is 4.16. The number of urea groups is 1. The van der Waals surface area contributed by atoms with E-state index in [1.807, 2.05) is 25.1 Å². The van der Waals surface area contributed by atoms with Gasteiger partial charge in [0.25, 0.3) is 0 Å². The van der Waals surface area contributed by atoms with Crippen molar-refractivity contribution in [2.45, 2.75) is 20.3 Å². The van der Waals surface area contributed by atoms with Crippen LogP contribution in [0.1, 0.15) is 19.4 Å². The molecule has 0 spiro atoms. The van der Waals surface area contributed by atoms with E-state index in [-0.39, 0.29) is 5.91 Å². The number of carbonyl (C=O) groups excluding carboxylic acids is 2. The van der Waals surface area contributed by atoms with Gasteiger partial charge in [-0.1, -0.05) is 12.1 Å². The molecule has 0 aliphatic heterocycles. The minimum atomic E-state index is -0.494. The first kappa shape index (κ1) is 20.1. The molecule has 3 N–H and O–H groups in total. The van der Waals surface area contributed by atoms with Crippen molar-refractivity contribution in [2.24, 2.45) is 0 Å². The van der Waals surface area contributed by atoms with Crippen LogP contribution in [0.3, 0.4) is 0 Å². The van der Waals surface area contributed by atoms with Crippen molar-refractivity contribution in [2.75, 3.05) is 30.9 Å². The van der Waals surface area contributed by atoms with E-state index in [0.29, 0.717) is 42.4 Å². The molecule has 0 aromatic heterocycles. The number of hydrogen-bond acceptors (Lipinski definition) is 5. The molecule has 2 aromatic rings. The van der Waals surface area contributed by atoms with Crippen molar-refractivity contribution >= 4 is 23.3 Å². The predicted molar refractivity (Wildman–Crippen MR) is 105 cm³/mol. The number of benzene rings is 2. The van der Waals surface area contributed by atoms with Crippen LogP contribution in [0.5, 0.6) is 11.5 Å². The van der Waals surface area contributed by atoms with Gasteiger partial charge in [-0.05, 0) is 49.2 Å². The first-order chi connectivity index (χ1) is 13.0. The molecule has 0 aliphatic rings. The number of methoxy groups -OCH3 is 1. The Balaban J connectivity index is 2.01. The van der Waals surface area contributed by atoms with E-state index in [0.717, 1.165) is 10.5 Å². The Morgan fingerprint density at radius 3 is 2.56 bits per heavy atom. The third-order valence-corrected chi connectivity index (χ3v) is 3.86. The summed E-state index contributed by atoms with van der Waals surface area (Å²) in [5.74, 6) is 0.934. The van der Waals surface area contributed by atoms with Crippen molar-refractivity contribution in [3.05, 3.63) is 48.0 Å². The van der Waals surface area contributed by atoms with Crippen molar-refractivity contribution in [3.8, 4) is 11.5 Å². The van der Waals surface area contributed by atoms with Crippen molar-refractivity contribution < 1.29 is 19.1 Å². The molecular weight excluding hydrogens is 346 g/mol. The number of nitrogen functional groups attached to an aromatic ring is 1. The summed E-state index contributed by atoms with van der Waals surface area (Å²) in [7, 11) is 1.58. The maximum Gasteiger partial charge on any atom is 0.328 e. The van der Waals surface area contributed by atoms with E-state index in [9.17, 15) is 9.59 Å². The predicted octanol–water partition coefficient (Wildman–Crippen LogP) is 2.98. The van der Waals surface area contributed by atoms with E-state index in [4.69, 9.17) is 15.2 Å². The second-order valence-electron chi connectivity index (χ2n) is 5.85. The first-order valence-electron chi connectivity index (χ1n) is 8.70. The molecule has 0 radical (unpaired) electrons. The highest BCUT2D eigenvalue weighted by atomic mass is 16.5. The van der Waals surface area contributed by atoms with Gasteiger partial charge in [0.05, 0.1) is 19.4 Å². The summed E-state index contributed by atoms with van der Waals surface area (Å²) in [6.07, 6.45) is 0.581. The molecular formula is C20H25N3O4. The van der Waals surface area contributed by atoms with Crippen molar-refractivity contribution in [3.63, 3.8) is 0 Å². The topological polar surface area (TPSA) is 93.9 Å². The summed E-state index contributed by atoms with van der Waals surface area (Å²) in [5.41, 5.74) is 7.64. The Morgan fingerprint density at radius 2 is 1.93 bits per heavy atom. The monoisotopic (exact) mass is 371 g/mol. The molecule has 0 heterocycles. The lowest BCUT2D eigenvalue weighted by Crippen LogP contribution is -2.43. The van der Waals surface area contributed by atoms with Crippen LogP contribution < -0.4 is 25.4 Å². The molecule has 2 rings (SSSR count). The maximum absolute atomic E-state index is 12.5. The van der Waals surface area contributed by atoms with Crippen LogP contribution in [0.2, 0.25) is 0 Å². The zero-order chi connectivity index (χ0) is 19.8. The number of rotatable bonds is 7. The number of imide groups is 1. The largest absolute Gasteiger partial charge is 0.493 e. The summed E-state index contributed by atoms with van der Waals surface area (Å²) in [4.78, 5) is 25.4. The zero-order valence-corrected chi connectivity index (χ0v) is 15.8. The van der Waals surface area contributed by atoms with Crippen LogP contribution >= 0.6 is 0 Å². The van der Waals surface area contributed by atoms with Gasteiger partial charge in [0.2, 0.25) is 5.91 Å². The third-order valence-electron chi connectivity index (χ3n) is 3.86. The van der Waals surface area contributed by atoms with E-state index in [1.54, 1.807) is 31.4 Å². The first-order valence-corrected chi connectivity index (χ1v) is 8.70. The highest BCUT2D eigenvalue weighted by molar-refractivity contribution is 6.13. The van der Waals surface area contributed by atoms with Crippen LogP contribution in [-0.4, -0.2) is 32.2 Å². The molecule has 0 fully saturated rings. The molecule has 0 bridgehead atoms. The number of nitrogens with one attached hydrogen (secondary N) is 1. The summed E-state index contributed by atoms with van der Waals surface area (Å²) >= 11 is 0. The number of amides is 3. The fourth-order valence-electron chi connectivity index (χ4n) is 2.64. The zero-order valence-electron chi connectivity index (χ0n) is 15.8. The van der Waals surface area contributed by atoms with Gasteiger partial charge in [-0.2, -0.15) is 0 Å².